The molecule has 0 spiro atoms. The molecule has 11 aromatic rings. The molecule has 0 aliphatic heterocycles. The van der Waals surface area contributed by atoms with Crippen molar-refractivity contribution in [2.24, 2.45) is 0 Å². The second-order valence-corrected chi connectivity index (χ2v) is 15.3. The average Bonchev–Trinajstić information content (AvgIpc) is 3.85. The van der Waals surface area contributed by atoms with Crippen LogP contribution in [0.1, 0.15) is 0 Å². The van der Waals surface area contributed by atoms with Gasteiger partial charge in [0.25, 0.3) is 0 Å². The van der Waals surface area contributed by atoms with Crippen LogP contribution in [0.5, 0.6) is 0 Å². The van der Waals surface area contributed by atoms with Gasteiger partial charge in [0.05, 0.1) is 15.7 Å². The first-order valence-electron chi connectivity index (χ1n) is 15.5. The third-order valence-electron chi connectivity index (χ3n) is 9.61. The maximum atomic E-state index is 2.50. The molecule has 46 heavy (non-hydrogen) atoms. The molecule has 0 aliphatic carbocycles. The number of fused-ring (bicyclic) bond motifs is 13. The van der Waals surface area contributed by atoms with Crippen LogP contribution in [0.15, 0.2) is 140 Å². The molecule has 4 heterocycles. The fourth-order valence-electron chi connectivity index (χ4n) is 7.49. The molecule has 0 saturated heterocycles. The van der Waals surface area contributed by atoms with E-state index in [2.05, 4.69) is 144 Å². The summed E-state index contributed by atoms with van der Waals surface area (Å²) in [4.78, 5) is 0. The van der Waals surface area contributed by atoms with Crippen LogP contribution < -0.4 is 0 Å². The second-order valence-electron chi connectivity index (χ2n) is 12.1. The number of para-hydroxylation sites is 1. The van der Waals surface area contributed by atoms with E-state index >= 15 is 0 Å². The topological polar surface area (TPSA) is 4.93 Å². The van der Waals surface area contributed by atoms with Crippen LogP contribution in [-0.2, 0) is 0 Å². The Morgan fingerprint density at radius 3 is 1.59 bits per heavy atom. The lowest BCUT2D eigenvalue weighted by atomic mass is 10.0. The van der Waals surface area contributed by atoms with Crippen LogP contribution in [-0.4, -0.2) is 4.57 Å². The van der Waals surface area contributed by atoms with Crippen molar-refractivity contribution in [2.75, 3.05) is 0 Å². The zero-order valence-corrected chi connectivity index (χ0v) is 26.9. The summed E-state index contributed by atoms with van der Waals surface area (Å²) in [7, 11) is 0. The van der Waals surface area contributed by atoms with E-state index in [-0.39, 0.29) is 0 Å². The van der Waals surface area contributed by atoms with Crippen LogP contribution in [0.2, 0.25) is 0 Å². The maximum Gasteiger partial charge on any atom is 0.0719 e. The van der Waals surface area contributed by atoms with Crippen molar-refractivity contribution in [3.05, 3.63) is 140 Å². The predicted molar refractivity (Wildman–Crippen MR) is 205 cm³/mol. The molecule has 0 radical (unpaired) electrons. The zero-order chi connectivity index (χ0) is 29.9. The summed E-state index contributed by atoms with van der Waals surface area (Å²) < 4.78 is 10.5. The Kier molecular flexibility index (Phi) is 5.08. The Morgan fingerprint density at radius 1 is 0.348 bits per heavy atom. The highest BCUT2D eigenvalue weighted by molar-refractivity contribution is 7.27. The predicted octanol–water partition coefficient (Wildman–Crippen LogP) is 13.6. The first-order valence-corrected chi connectivity index (χ1v) is 18.0. The Balaban J connectivity index is 1.11. The molecule has 0 unspecified atom stereocenters. The van der Waals surface area contributed by atoms with Gasteiger partial charge in [-0.2, -0.15) is 0 Å². The highest BCUT2D eigenvalue weighted by Crippen LogP contribution is 2.44. The fraction of sp³-hybridized carbons (Fsp3) is 0. The third kappa shape index (κ3) is 3.44. The van der Waals surface area contributed by atoms with Crippen LogP contribution in [0, 0.1) is 0 Å². The number of rotatable bonds is 2. The highest BCUT2D eigenvalue weighted by Gasteiger charge is 2.18. The van der Waals surface area contributed by atoms with Crippen molar-refractivity contribution >= 4 is 116 Å². The minimum absolute atomic E-state index is 1.21. The molecule has 1 nitrogen and oxygen atoms in total. The Bertz CT molecular complexity index is 3040. The molecule has 0 fully saturated rings. The van der Waals surface area contributed by atoms with Gasteiger partial charge in [-0.05, 0) is 53.6 Å². The van der Waals surface area contributed by atoms with Gasteiger partial charge in [-0.1, -0.05) is 97.1 Å². The molecule has 11 rings (SSSR count). The highest BCUT2D eigenvalue weighted by atomic mass is 32.1. The lowest BCUT2D eigenvalue weighted by Gasteiger charge is -2.09. The van der Waals surface area contributed by atoms with E-state index in [0.717, 1.165) is 0 Å². The van der Waals surface area contributed by atoms with Gasteiger partial charge >= 0.3 is 0 Å². The summed E-state index contributed by atoms with van der Waals surface area (Å²) in [5, 5.41) is 10.6. The first kappa shape index (κ1) is 25.2. The van der Waals surface area contributed by atoms with Gasteiger partial charge in [0.1, 0.15) is 0 Å². The van der Waals surface area contributed by atoms with E-state index in [1.165, 1.54) is 99.1 Å². The smallest absolute Gasteiger partial charge is 0.0719 e. The summed E-state index contributed by atoms with van der Waals surface area (Å²) >= 11 is 5.69. The Morgan fingerprint density at radius 2 is 0.848 bits per heavy atom. The number of nitrogens with zero attached hydrogens (tertiary/aromatic N) is 1. The molecule has 0 atom stereocenters. The lowest BCUT2D eigenvalue weighted by Crippen LogP contribution is -1.93. The number of aromatic nitrogens is 1. The van der Waals surface area contributed by atoms with Crippen molar-refractivity contribution in [3.63, 3.8) is 0 Å². The van der Waals surface area contributed by atoms with Crippen molar-refractivity contribution in [1.82, 2.24) is 4.57 Å². The van der Waals surface area contributed by atoms with E-state index in [1.807, 2.05) is 34.0 Å². The van der Waals surface area contributed by atoms with Gasteiger partial charge in [-0.25, -0.2) is 0 Å². The monoisotopic (exact) mass is 637 g/mol. The summed E-state index contributed by atoms with van der Waals surface area (Å²) in [6.07, 6.45) is 0. The number of benzene rings is 7. The van der Waals surface area contributed by atoms with Gasteiger partial charge in [0, 0.05) is 72.3 Å². The van der Waals surface area contributed by atoms with Crippen LogP contribution >= 0.6 is 34.0 Å². The molecule has 4 aromatic heterocycles. The average molecular weight is 638 g/mol. The van der Waals surface area contributed by atoms with Crippen molar-refractivity contribution in [3.8, 4) is 16.8 Å². The van der Waals surface area contributed by atoms with Crippen LogP contribution in [0.3, 0.4) is 0 Å². The summed E-state index contributed by atoms with van der Waals surface area (Å²) in [5.74, 6) is 0. The van der Waals surface area contributed by atoms with E-state index in [9.17, 15) is 0 Å². The number of hydrogen-bond donors (Lipinski definition) is 0. The third-order valence-corrected chi connectivity index (χ3v) is 13.0. The summed E-state index contributed by atoms with van der Waals surface area (Å²) in [5.41, 5.74) is 6.32. The minimum Gasteiger partial charge on any atom is -0.308 e. The van der Waals surface area contributed by atoms with E-state index in [1.54, 1.807) is 0 Å². The van der Waals surface area contributed by atoms with Gasteiger partial charge in [-0.15, -0.1) is 34.0 Å². The molecule has 0 bridgehead atoms. The molecule has 0 aliphatic rings. The van der Waals surface area contributed by atoms with Gasteiger partial charge in [0.15, 0.2) is 0 Å². The van der Waals surface area contributed by atoms with E-state index in [0.29, 0.717) is 0 Å². The molecular weight excluding hydrogens is 615 g/mol. The SMILES string of the molecule is c1ccc2c(c1)sc1cc(-c3ccc4c(c3)sc3cc(-n5c6ccccc6c6ccc7c8ccccc8sc7c65)ccc34)ccc12. The standard InChI is InChI=1S/C42H23NS3/c1-4-10-35-27(7-1)33-19-20-34-29-9-3-6-12-37(29)46-42(34)41(33)43(35)26-15-18-32-31-17-14-25(22-39(31)45-40(32)23-26)24-13-16-30-28-8-2-5-11-36(28)44-38(30)21-24/h1-23H. The minimum atomic E-state index is 1.21. The molecular formula is C42H23NS3. The molecule has 214 valence electrons. The second kappa shape index (κ2) is 9.27. The number of hydrogen-bond acceptors (Lipinski definition) is 3. The van der Waals surface area contributed by atoms with Crippen molar-refractivity contribution in [2.45, 2.75) is 0 Å². The van der Waals surface area contributed by atoms with Crippen LogP contribution in [0.25, 0.3) is 99.1 Å². The first-order chi connectivity index (χ1) is 22.8. The Labute approximate surface area is 275 Å². The molecule has 0 amide bonds. The van der Waals surface area contributed by atoms with Gasteiger partial charge < -0.3 is 4.57 Å². The van der Waals surface area contributed by atoms with Crippen molar-refractivity contribution in [1.29, 1.82) is 0 Å². The molecule has 4 heteroatoms. The largest absolute Gasteiger partial charge is 0.308 e. The van der Waals surface area contributed by atoms with Crippen molar-refractivity contribution < 1.29 is 0 Å². The van der Waals surface area contributed by atoms with Crippen LogP contribution in [0.4, 0.5) is 0 Å². The van der Waals surface area contributed by atoms with Gasteiger partial charge in [0.2, 0.25) is 0 Å². The quantitative estimate of drug-likeness (QED) is 0.178. The summed E-state index contributed by atoms with van der Waals surface area (Å²) in [6, 6.07) is 52.0. The zero-order valence-electron chi connectivity index (χ0n) is 24.5. The molecule has 0 saturated carbocycles. The normalized spacial score (nSPS) is 12.3. The summed E-state index contributed by atoms with van der Waals surface area (Å²) in [6.45, 7) is 0. The Hall–Kier alpha value is -5.00. The van der Waals surface area contributed by atoms with Gasteiger partial charge in [-0.3, -0.25) is 0 Å². The fourth-order valence-corrected chi connectivity index (χ4v) is 11.1. The lowest BCUT2D eigenvalue weighted by molar-refractivity contribution is 1.19. The molecule has 0 N–H and O–H groups in total. The molecule has 7 aromatic carbocycles. The maximum absolute atomic E-state index is 2.50. The van der Waals surface area contributed by atoms with E-state index < -0.39 is 0 Å². The van der Waals surface area contributed by atoms with E-state index in [4.69, 9.17) is 0 Å². The number of thiophene rings is 3.